The number of rotatable bonds is 4. The first-order valence-corrected chi connectivity index (χ1v) is 5.65. The third-order valence-corrected chi connectivity index (χ3v) is 2.55. The molecule has 0 aromatic heterocycles. The Bertz CT molecular complexity index is 454. The normalized spacial score (nSPS) is 11.6. The smallest absolute Gasteiger partial charge is 0.252 e. The topological polar surface area (TPSA) is 73.1 Å². The highest BCUT2D eigenvalue weighted by molar-refractivity contribution is 6.32. The second-order valence-electron chi connectivity index (χ2n) is 3.61. The van der Waals surface area contributed by atoms with Crippen LogP contribution >= 0.6 is 11.6 Å². The summed E-state index contributed by atoms with van der Waals surface area (Å²) in [5.74, 6) is -0.444. The van der Waals surface area contributed by atoms with Crippen LogP contribution in [0.4, 0.5) is 0 Å². The highest BCUT2D eigenvalue weighted by Gasteiger charge is 2.13. The van der Waals surface area contributed by atoms with Gasteiger partial charge in [0.1, 0.15) is 11.8 Å². The third-order valence-electron chi connectivity index (χ3n) is 2.25. The molecule has 1 aromatic carbocycles. The van der Waals surface area contributed by atoms with E-state index in [0.29, 0.717) is 12.0 Å². The number of aromatic hydroxyl groups is 1. The maximum Gasteiger partial charge on any atom is 0.252 e. The Balaban J connectivity index is 2.76. The Morgan fingerprint density at radius 3 is 2.88 bits per heavy atom. The van der Waals surface area contributed by atoms with Crippen molar-refractivity contribution in [2.75, 3.05) is 0 Å². The van der Waals surface area contributed by atoms with E-state index in [1.807, 2.05) is 13.0 Å². The number of nitrogens with one attached hydrogen (secondary N) is 1. The molecule has 2 N–H and O–H groups in total. The molecule has 0 radical (unpaired) electrons. The minimum atomic E-state index is -0.500. The van der Waals surface area contributed by atoms with E-state index in [1.54, 1.807) is 0 Å². The van der Waals surface area contributed by atoms with Gasteiger partial charge in [0.25, 0.3) is 5.91 Å². The van der Waals surface area contributed by atoms with Crippen molar-refractivity contribution in [3.63, 3.8) is 0 Å². The van der Waals surface area contributed by atoms with Crippen molar-refractivity contribution in [2.24, 2.45) is 0 Å². The monoisotopic (exact) mass is 252 g/mol. The molecule has 0 bridgehead atoms. The molecule has 0 aliphatic rings. The number of halogens is 1. The summed E-state index contributed by atoms with van der Waals surface area (Å²) < 4.78 is 0. The second kappa shape index (κ2) is 6.12. The lowest BCUT2D eigenvalue weighted by Crippen LogP contribution is -2.33. The molecule has 1 aromatic rings. The van der Waals surface area contributed by atoms with Gasteiger partial charge in [-0.1, -0.05) is 24.9 Å². The van der Waals surface area contributed by atoms with Crippen molar-refractivity contribution in [2.45, 2.75) is 25.8 Å². The zero-order valence-electron chi connectivity index (χ0n) is 9.40. The fourth-order valence-electron chi connectivity index (χ4n) is 1.35. The highest BCUT2D eigenvalue weighted by atomic mass is 35.5. The van der Waals surface area contributed by atoms with Crippen LogP contribution in [0.15, 0.2) is 18.2 Å². The fraction of sp³-hybridized carbons (Fsp3) is 0.333. The van der Waals surface area contributed by atoms with Gasteiger partial charge in [0, 0.05) is 5.56 Å². The van der Waals surface area contributed by atoms with Gasteiger partial charge in [-0.3, -0.25) is 4.79 Å². The molecule has 0 fully saturated rings. The molecule has 4 nitrogen and oxygen atoms in total. The Kier molecular flexibility index (Phi) is 4.80. The van der Waals surface area contributed by atoms with Crippen LogP contribution in [0.5, 0.6) is 5.75 Å². The predicted octanol–water partition coefficient (Wildman–Crippen LogP) is 2.47. The summed E-state index contributed by atoms with van der Waals surface area (Å²) in [5.41, 5.74) is 0.323. The fourth-order valence-corrected chi connectivity index (χ4v) is 1.53. The number of carbonyl (C=O) groups is 1. The van der Waals surface area contributed by atoms with E-state index in [-0.39, 0.29) is 16.7 Å². The van der Waals surface area contributed by atoms with Crippen molar-refractivity contribution in [3.8, 4) is 11.8 Å². The summed E-state index contributed by atoms with van der Waals surface area (Å²) in [5, 5.41) is 20.7. The van der Waals surface area contributed by atoms with Crippen LogP contribution in [0, 0.1) is 11.3 Å². The number of hydrogen-bond donors (Lipinski definition) is 2. The summed E-state index contributed by atoms with van der Waals surface area (Å²) in [4.78, 5) is 11.7. The molecule has 1 atom stereocenters. The standard InChI is InChI=1S/C12H13ClN2O2/c1-2-3-9(7-14)15-12(17)8-4-5-11(16)10(13)6-8/h4-6,9,16H,2-3H2,1H3,(H,15,17). The van der Waals surface area contributed by atoms with Gasteiger partial charge in [-0.05, 0) is 24.6 Å². The number of hydrogen-bond acceptors (Lipinski definition) is 3. The van der Waals surface area contributed by atoms with Gasteiger partial charge in [-0.2, -0.15) is 5.26 Å². The lowest BCUT2D eigenvalue weighted by atomic mass is 10.1. The predicted molar refractivity (Wildman–Crippen MR) is 64.9 cm³/mol. The van der Waals surface area contributed by atoms with Gasteiger partial charge in [-0.25, -0.2) is 0 Å². The number of amides is 1. The Morgan fingerprint density at radius 2 is 2.35 bits per heavy atom. The molecule has 0 aliphatic carbocycles. The molecule has 17 heavy (non-hydrogen) atoms. The SMILES string of the molecule is CCCC(C#N)NC(=O)c1ccc(O)c(Cl)c1. The number of nitrogens with zero attached hydrogens (tertiary/aromatic N) is 1. The molecule has 0 heterocycles. The Morgan fingerprint density at radius 1 is 1.65 bits per heavy atom. The van der Waals surface area contributed by atoms with Crippen LogP contribution in [0.2, 0.25) is 5.02 Å². The highest BCUT2D eigenvalue weighted by Crippen LogP contribution is 2.23. The lowest BCUT2D eigenvalue weighted by molar-refractivity contribution is 0.0944. The molecule has 1 rings (SSSR count). The molecular weight excluding hydrogens is 240 g/mol. The first-order chi connectivity index (χ1) is 8.08. The zero-order chi connectivity index (χ0) is 12.8. The zero-order valence-corrected chi connectivity index (χ0v) is 10.2. The van der Waals surface area contributed by atoms with Crippen LogP contribution < -0.4 is 5.32 Å². The molecule has 1 unspecified atom stereocenters. The second-order valence-corrected chi connectivity index (χ2v) is 4.02. The number of benzene rings is 1. The van der Waals surface area contributed by atoms with Crippen molar-refractivity contribution < 1.29 is 9.90 Å². The molecule has 0 saturated carbocycles. The molecular formula is C12H13ClN2O2. The maximum atomic E-state index is 11.7. The number of phenols is 1. The lowest BCUT2D eigenvalue weighted by Gasteiger charge is -2.10. The van der Waals surface area contributed by atoms with Crippen LogP contribution in [-0.4, -0.2) is 17.1 Å². The Labute approximate surface area is 105 Å². The van der Waals surface area contributed by atoms with Gasteiger partial charge < -0.3 is 10.4 Å². The largest absolute Gasteiger partial charge is 0.506 e. The van der Waals surface area contributed by atoms with Crippen molar-refractivity contribution in [1.82, 2.24) is 5.32 Å². The summed E-state index contributed by atoms with van der Waals surface area (Å²) in [6, 6.07) is 5.68. The van der Waals surface area contributed by atoms with Crippen LogP contribution in [-0.2, 0) is 0 Å². The average Bonchev–Trinajstić information content (AvgIpc) is 2.31. The van der Waals surface area contributed by atoms with Crippen LogP contribution in [0.3, 0.4) is 0 Å². The molecule has 0 saturated heterocycles. The van der Waals surface area contributed by atoms with E-state index >= 15 is 0 Å². The van der Waals surface area contributed by atoms with Gasteiger partial charge >= 0.3 is 0 Å². The first kappa shape index (κ1) is 13.3. The Hall–Kier alpha value is -1.73. The first-order valence-electron chi connectivity index (χ1n) is 5.27. The minimum Gasteiger partial charge on any atom is -0.506 e. The minimum absolute atomic E-state index is 0.0754. The summed E-state index contributed by atoms with van der Waals surface area (Å²) in [6.45, 7) is 1.94. The van der Waals surface area contributed by atoms with Crippen molar-refractivity contribution in [3.05, 3.63) is 28.8 Å². The number of carbonyl (C=O) groups excluding carboxylic acids is 1. The van der Waals surface area contributed by atoms with Gasteiger partial charge in [0.05, 0.1) is 11.1 Å². The summed E-state index contributed by atoms with van der Waals surface area (Å²) >= 11 is 5.69. The molecule has 0 spiro atoms. The number of phenolic OH excluding ortho intramolecular Hbond substituents is 1. The van der Waals surface area contributed by atoms with Crippen LogP contribution in [0.1, 0.15) is 30.1 Å². The van der Waals surface area contributed by atoms with E-state index in [0.717, 1.165) is 6.42 Å². The summed E-state index contributed by atoms with van der Waals surface area (Å²) in [7, 11) is 0. The van der Waals surface area contributed by atoms with Gasteiger partial charge in [0.15, 0.2) is 0 Å². The summed E-state index contributed by atoms with van der Waals surface area (Å²) in [6.07, 6.45) is 1.42. The van der Waals surface area contributed by atoms with Crippen molar-refractivity contribution in [1.29, 1.82) is 5.26 Å². The molecule has 5 heteroatoms. The maximum absolute atomic E-state index is 11.7. The van der Waals surface area contributed by atoms with Gasteiger partial charge in [-0.15, -0.1) is 0 Å². The number of nitriles is 1. The van der Waals surface area contributed by atoms with Gasteiger partial charge in [0.2, 0.25) is 0 Å². The van der Waals surface area contributed by atoms with Crippen molar-refractivity contribution >= 4 is 17.5 Å². The quantitative estimate of drug-likeness (QED) is 0.865. The van der Waals surface area contributed by atoms with E-state index < -0.39 is 6.04 Å². The third kappa shape index (κ3) is 3.65. The molecule has 90 valence electrons. The van der Waals surface area contributed by atoms with E-state index in [2.05, 4.69) is 5.32 Å². The molecule has 1 amide bonds. The van der Waals surface area contributed by atoms with E-state index in [1.165, 1.54) is 18.2 Å². The van der Waals surface area contributed by atoms with E-state index in [9.17, 15) is 9.90 Å². The average molecular weight is 253 g/mol. The molecule has 0 aliphatic heterocycles. The van der Waals surface area contributed by atoms with Crippen LogP contribution in [0.25, 0.3) is 0 Å². The van der Waals surface area contributed by atoms with E-state index in [4.69, 9.17) is 16.9 Å².